The van der Waals surface area contributed by atoms with Crippen LogP contribution in [-0.4, -0.2) is 18.7 Å². The Morgan fingerprint density at radius 2 is 1.92 bits per heavy atom. The van der Waals surface area contributed by atoms with Crippen molar-refractivity contribution in [3.8, 4) is 0 Å². The molecule has 0 fully saturated rings. The maximum atomic E-state index is 13.0. The Hall–Kier alpha value is -3.21. The predicted molar refractivity (Wildman–Crippen MR) is 100 cm³/mol. The van der Waals surface area contributed by atoms with E-state index >= 15 is 0 Å². The molecule has 1 atom stereocenters. The minimum Gasteiger partial charge on any atom is -0.386 e. The Morgan fingerprint density at radius 1 is 1.12 bits per heavy atom. The average Bonchev–Trinajstić information content (AvgIpc) is 2.65. The number of hydrogen-bond donors (Lipinski definition) is 1. The highest BCUT2D eigenvalue weighted by Crippen LogP contribution is 2.20. The Morgan fingerprint density at radius 3 is 2.73 bits per heavy atom. The monoisotopic (exact) mass is 350 g/mol. The maximum Gasteiger partial charge on any atom is 0.261 e. The molecule has 0 aliphatic rings. The normalized spacial score (nSPS) is 12.2. The second-order valence-electron chi connectivity index (χ2n) is 5.96. The number of amides is 1. The van der Waals surface area contributed by atoms with Gasteiger partial charge in [-0.1, -0.05) is 53.7 Å². The molecule has 0 heterocycles. The van der Waals surface area contributed by atoms with Crippen LogP contribution >= 0.6 is 0 Å². The fourth-order valence-corrected chi connectivity index (χ4v) is 2.62. The zero-order valence-corrected chi connectivity index (χ0v) is 14.4. The quantitative estimate of drug-likeness (QED) is 0.535. The van der Waals surface area contributed by atoms with Gasteiger partial charge in [-0.3, -0.25) is 4.79 Å². The highest BCUT2D eigenvalue weighted by molar-refractivity contribution is 5.83. The first-order valence-electron chi connectivity index (χ1n) is 8.31. The van der Waals surface area contributed by atoms with Crippen LogP contribution in [0.5, 0.6) is 0 Å². The summed E-state index contributed by atoms with van der Waals surface area (Å²) >= 11 is 0. The van der Waals surface area contributed by atoms with Crippen molar-refractivity contribution in [2.24, 2.45) is 5.16 Å². The smallest absolute Gasteiger partial charge is 0.261 e. The van der Waals surface area contributed by atoms with Crippen molar-refractivity contribution in [1.29, 1.82) is 0 Å². The van der Waals surface area contributed by atoms with E-state index in [1.165, 1.54) is 18.3 Å². The molecule has 4 nitrogen and oxygen atoms in total. The van der Waals surface area contributed by atoms with Crippen LogP contribution in [0.3, 0.4) is 0 Å². The van der Waals surface area contributed by atoms with Crippen LogP contribution < -0.4 is 5.32 Å². The van der Waals surface area contributed by atoms with Crippen LogP contribution in [0.25, 0.3) is 10.8 Å². The minimum atomic E-state index is -0.351. The van der Waals surface area contributed by atoms with Crippen molar-refractivity contribution >= 4 is 22.9 Å². The lowest BCUT2D eigenvalue weighted by atomic mass is 10.0. The summed E-state index contributed by atoms with van der Waals surface area (Å²) in [5.74, 6) is -0.627. The molecule has 0 radical (unpaired) electrons. The summed E-state index contributed by atoms with van der Waals surface area (Å²) in [4.78, 5) is 17.0. The SMILES string of the molecule is C[C@H](NC(=O)CO/N=C\c1cccc(F)c1)c1ccc2ccccc2c1. The van der Waals surface area contributed by atoms with E-state index in [1.54, 1.807) is 12.1 Å². The van der Waals surface area contributed by atoms with Crippen molar-refractivity contribution in [2.45, 2.75) is 13.0 Å². The van der Waals surface area contributed by atoms with Crippen LogP contribution in [0.4, 0.5) is 4.39 Å². The number of oxime groups is 1. The third kappa shape index (κ3) is 4.66. The summed E-state index contributed by atoms with van der Waals surface area (Å²) in [7, 11) is 0. The lowest BCUT2D eigenvalue weighted by Crippen LogP contribution is -2.29. The van der Waals surface area contributed by atoms with Crippen molar-refractivity contribution in [2.75, 3.05) is 6.61 Å². The van der Waals surface area contributed by atoms with Crippen LogP contribution in [0.15, 0.2) is 71.9 Å². The fourth-order valence-electron chi connectivity index (χ4n) is 2.62. The van der Waals surface area contributed by atoms with Crippen LogP contribution in [0, 0.1) is 5.82 Å². The fraction of sp³-hybridized carbons (Fsp3) is 0.143. The number of carbonyl (C=O) groups is 1. The molecule has 0 saturated carbocycles. The number of hydrogen-bond acceptors (Lipinski definition) is 3. The van der Waals surface area contributed by atoms with E-state index in [-0.39, 0.29) is 24.4 Å². The summed E-state index contributed by atoms with van der Waals surface area (Å²) in [6.07, 6.45) is 1.36. The van der Waals surface area contributed by atoms with Crippen LogP contribution in [0.2, 0.25) is 0 Å². The van der Waals surface area contributed by atoms with Crippen molar-refractivity contribution in [3.63, 3.8) is 0 Å². The number of fused-ring (bicyclic) bond motifs is 1. The highest BCUT2D eigenvalue weighted by Gasteiger charge is 2.10. The van der Waals surface area contributed by atoms with Gasteiger partial charge in [-0.15, -0.1) is 0 Å². The molecule has 3 aromatic carbocycles. The molecular weight excluding hydrogens is 331 g/mol. The minimum absolute atomic E-state index is 0.150. The maximum absolute atomic E-state index is 13.0. The van der Waals surface area contributed by atoms with Gasteiger partial charge in [0.2, 0.25) is 0 Å². The molecule has 0 bridgehead atoms. The van der Waals surface area contributed by atoms with E-state index in [4.69, 9.17) is 4.84 Å². The van der Waals surface area contributed by atoms with E-state index in [9.17, 15) is 9.18 Å². The van der Waals surface area contributed by atoms with Crippen LogP contribution in [-0.2, 0) is 9.63 Å². The van der Waals surface area contributed by atoms with Gasteiger partial charge >= 0.3 is 0 Å². The van der Waals surface area contributed by atoms with Gasteiger partial charge in [0.05, 0.1) is 12.3 Å². The van der Waals surface area contributed by atoms with Gasteiger partial charge in [-0.05, 0) is 47.0 Å². The van der Waals surface area contributed by atoms with Crippen molar-refractivity contribution in [1.82, 2.24) is 5.32 Å². The molecule has 132 valence electrons. The number of nitrogens with one attached hydrogen (secondary N) is 1. The van der Waals surface area contributed by atoms with E-state index in [1.807, 2.05) is 43.3 Å². The summed E-state index contributed by atoms with van der Waals surface area (Å²) < 4.78 is 13.0. The standard InChI is InChI=1S/C21H19FN2O2/c1-15(18-10-9-17-6-2-3-7-19(17)12-18)24-21(25)14-26-23-13-16-5-4-8-20(22)11-16/h2-13,15H,14H2,1H3,(H,24,25)/b23-13-/t15-/m0/s1. The zero-order chi connectivity index (χ0) is 18.4. The molecule has 5 heteroatoms. The average molecular weight is 350 g/mol. The van der Waals surface area contributed by atoms with Gasteiger partial charge in [-0.2, -0.15) is 0 Å². The molecule has 0 spiro atoms. The van der Waals surface area contributed by atoms with E-state index in [2.05, 4.69) is 16.5 Å². The molecule has 26 heavy (non-hydrogen) atoms. The molecule has 3 aromatic rings. The molecular formula is C21H19FN2O2. The van der Waals surface area contributed by atoms with Crippen LogP contribution in [0.1, 0.15) is 24.1 Å². The lowest BCUT2D eigenvalue weighted by molar-refractivity contribution is -0.126. The van der Waals surface area contributed by atoms with Gasteiger partial charge in [-0.25, -0.2) is 4.39 Å². The van der Waals surface area contributed by atoms with E-state index < -0.39 is 0 Å². The van der Waals surface area contributed by atoms with Gasteiger partial charge in [0.15, 0.2) is 6.61 Å². The van der Waals surface area contributed by atoms with E-state index in [0.717, 1.165) is 16.3 Å². The van der Waals surface area contributed by atoms with Gasteiger partial charge in [0, 0.05) is 0 Å². The lowest BCUT2D eigenvalue weighted by Gasteiger charge is -2.14. The summed E-state index contributed by atoms with van der Waals surface area (Å²) in [6, 6.07) is 20.0. The van der Waals surface area contributed by atoms with Gasteiger partial charge in [0.25, 0.3) is 5.91 Å². The molecule has 1 amide bonds. The summed E-state index contributed by atoms with van der Waals surface area (Å²) in [5, 5.41) is 8.85. The Balaban J connectivity index is 1.52. The molecule has 0 unspecified atom stereocenters. The third-order valence-electron chi connectivity index (χ3n) is 3.97. The number of benzene rings is 3. The van der Waals surface area contributed by atoms with Gasteiger partial charge < -0.3 is 10.2 Å². The summed E-state index contributed by atoms with van der Waals surface area (Å²) in [6.45, 7) is 1.71. The Kier molecular flexibility index (Phi) is 5.59. The molecule has 0 aliphatic carbocycles. The van der Waals surface area contributed by atoms with Crippen molar-refractivity contribution in [3.05, 3.63) is 83.7 Å². The topological polar surface area (TPSA) is 50.7 Å². The molecule has 1 N–H and O–H groups in total. The van der Waals surface area contributed by atoms with Gasteiger partial charge in [0.1, 0.15) is 5.82 Å². The number of carbonyl (C=O) groups excluding carboxylic acids is 1. The zero-order valence-electron chi connectivity index (χ0n) is 14.4. The highest BCUT2D eigenvalue weighted by atomic mass is 19.1. The number of halogens is 1. The molecule has 0 saturated heterocycles. The molecule has 0 aliphatic heterocycles. The largest absolute Gasteiger partial charge is 0.386 e. The summed E-state index contributed by atoms with van der Waals surface area (Å²) in [5.41, 5.74) is 1.58. The predicted octanol–water partition coefficient (Wildman–Crippen LogP) is 4.21. The first-order chi connectivity index (χ1) is 12.6. The van der Waals surface area contributed by atoms with E-state index in [0.29, 0.717) is 5.56 Å². The Labute approximate surface area is 151 Å². The number of rotatable bonds is 6. The first-order valence-corrected chi connectivity index (χ1v) is 8.31. The number of nitrogens with zero attached hydrogens (tertiary/aromatic N) is 1. The Bertz CT molecular complexity index is 940. The first kappa shape index (κ1) is 17.6. The third-order valence-corrected chi connectivity index (χ3v) is 3.97. The molecule has 0 aromatic heterocycles. The second kappa shape index (κ2) is 8.25. The molecule has 3 rings (SSSR count). The second-order valence-corrected chi connectivity index (χ2v) is 5.96. The van der Waals surface area contributed by atoms with Crippen molar-refractivity contribution < 1.29 is 14.0 Å².